The van der Waals surface area contributed by atoms with E-state index in [0.29, 0.717) is 0 Å². The Hall–Kier alpha value is -1.09. The van der Waals surface area contributed by atoms with Gasteiger partial charge < -0.3 is 6.15 Å². The van der Waals surface area contributed by atoms with Crippen molar-refractivity contribution in [1.29, 1.82) is 0 Å². The minimum absolute atomic E-state index is 0. The lowest BCUT2D eigenvalue weighted by molar-refractivity contribution is -0.451. The Morgan fingerprint density at radius 1 is 0.375 bits per heavy atom. The van der Waals surface area contributed by atoms with E-state index in [1.165, 1.54) is 0 Å². The molecule has 0 fully saturated rings. The van der Waals surface area contributed by atoms with Gasteiger partial charge in [-0.25, -0.2) is 0 Å². The molecule has 0 atom stereocenters. The van der Waals surface area contributed by atoms with Gasteiger partial charge in [0.15, 0.2) is 0 Å². The molecule has 0 amide bonds. The third-order valence-electron chi connectivity index (χ3n) is 2.48. The van der Waals surface area contributed by atoms with Gasteiger partial charge in [0.1, 0.15) is 0 Å². The van der Waals surface area contributed by atoms with Gasteiger partial charge in [-0.15, -0.1) is 0 Å². The number of halogens is 15. The van der Waals surface area contributed by atoms with Crippen molar-refractivity contribution in [2.45, 2.75) is 48.6 Å². The van der Waals surface area contributed by atoms with Gasteiger partial charge in [0.25, 0.3) is 0 Å². The second-order valence-electron chi connectivity index (χ2n) is 4.26. The first-order chi connectivity index (χ1) is 9.50. The van der Waals surface area contributed by atoms with Gasteiger partial charge in [0, 0.05) is 6.92 Å². The van der Waals surface area contributed by atoms with Crippen LogP contribution in [0.15, 0.2) is 0 Å². The Bertz CT molecular complexity index is 401. The molecule has 0 aliphatic rings. The molecule has 0 bridgehead atoms. The van der Waals surface area contributed by atoms with Crippen molar-refractivity contribution in [3.63, 3.8) is 0 Å². The smallest absolute Gasteiger partial charge is 0.344 e. The Morgan fingerprint density at radius 2 is 0.583 bits per heavy atom. The SMILES string of the molecule is CC(F)(F)C(F)(F)C(F)(F)C(F)(F)C(F)(F)C(F)(F)C(F)(F)F.N. The molecule has 0 heterocycles. The third kappa shape index (κ3) is 2.96. The van der Waals surface area contributed by atoms with Crippen LogP contribution < -0.4 is 6.15 Å². The highest BCUT2D eigenvalue weighted by Gasteiger charge is 2.92. The van der Waals surface area contributed by atoms with E-state index in [9.17, 15) is 65.9 Å². The van der Waals surface area contributed by atoms with Crippen molar-refractivity contribution in [3.05, 3.63) is 0 Å². The average Bonchev–Trinajstić information content (AvgIpc) is 2.24. The second kappa shape index (κ2) is 5.72. The molecule has 0 aromatic rings. The summed E-state index contributed by atoms with van der Waals surface area (Å²) in [5.41, 5.74) is 0. The van der Waals surface area contributed by atoms with E-state index in [1.807, 2.05) is 0 Å². The van der Waals surface area contributed by atoms with E-state index < -0.39 is 48.6 Å². The first-order valence-electron chi connectivity index (χ1n) is 4.83. The highest BCUT2D eigenvalue weighted by atomic mass is 19.4. The Balaban J connectivity index is 0. The molecule has 0 aromatic heterocycles. The molecule has 0 aliphatic carbocycles. The molecule has 0 spiro atoms. The van der Waals surface area contributed by atoms with Crippen LogP contribution in [0.1, 0.15) is 6.92 Å². The number of hydrogen-bond acceptors (Lipinski definition) is 1. The Labute approximate surface area is 122 Å². The lowest BCUT2D eigenvalue weighted by Gasteiger charge is -2.40. The van der Waals surface area contributed by atoms with Crippen LogP contribution in [-0.4, -0.2) is 41.7 Å². The van der Waals surface area contributed by atoms with Crippen LogP contribution in [0.3, 0.4) is 0 Å². The zero-order valence-electron chi connectivity index (χ0n) is 10.9. The summed E-state index contributed by atoms with van der Waals surface area (Å²) in [5, 5.41) is 0. The van der Waals surface area contributed by atoms with Gasteiger partial charge in [-0.3, -0.25) is 0 Å². The Morgan fingerprint density at radius 3 is 0.792 bits per heavy atom. The second-order valence-corrected chi connectivity index (χ2v) is 4.26. The molecule has 0 unspecified atom stereocenters. The van der Waals surface area contributed by atoms with Crippen LogP contribution in [0.25, 0.3) is 0 Å². The molecule has 24 heavy (non-hydrogen) atoms. The standard InChI is InChI=1S/C8H3F15.H3N/c1-2(9,10)3(11,12)4(13,14)5(15,16)6(17,18)7(19,20)8(21,22)23;/h1H3;1H3. The summed E-state index contributed by atoms with van der Waals surface area (Å²) in [6, 6.07) is 0. The highest BCUT2D eigenvalue weighted by molar-refractivity contribution is 5.12. The molecule has 0 aliphatic heterocycles. The van der Waals surface area contributed by atoms with Crippen LogP contribution >= 0.6 is 0 Å². The van der Waals surface area contributed by atoms with Crippen LogP contribution in [-0.2, 0) is 0 Å². The van der Waals surface area contributed by atoms with E-state index in [4.69, 9.17) is 0 Å². The summed E-state index contributed by atoms with van der Waals surface area (Å²) in [7, 11) is 0. The summed E-state index contributed by atoms with van der Waals surface area (Å²) >= 11 is 0. The predicted octanol–water partition coefficient (Wildman–Crippen LogP) is 5.54. The maximum absolute atomic E-state index is 12.7. The summed E-state index contributed by atoms with van der Waals surface area (Å²) in [4.78, 5) is 0. The van der Waals surface area contributed by atoms with Crippen LogP contribution in [0.2, 0.25) is 0 Å². The molecule has 16 heteroatoms. The number of alkyl halides is 15. The van der Waals surface area contributed by atoms with Gasteiger partial charge >= 0.3 is 41.7 Å². The quantitative estimate of drug-likeness (QED) is 0.603. The minimum Gasteiger partial charge on any atom is -0.344 e. The van der Waals surface area contributed by atoms with E-state index in [0.717, 1.165) is 0 Å². The zero-order valence-corrected chi connectivity index (χ0v) is 10.9. The van der Waals surface area contributed by atoms with Crippen LogP contribution in [0.4, 0.5) is 65.9 Å². The average molecular weight is 401 g/mol. The highest BCUT2D eigenvalue weighted by Crippen LogP contribution is 2.62. The fraction of sp³-hybridized carbons (Fsp3) is 1.00. The lowest BCUT2D eigenvalue weighted by atomic mass is 9.91. The van der Waals surface area contributed by atoms with Crippen molar-refractivity contribution in [1.82, 2.24) is 6.15 Å². The topological polar surface area (TPSA) is 35.0 Å². The van der Waals surface area contributed by atoms with E-state index in [1.54, 1.807) is 0 Å². The molecule has 0 rings (SSSR count). The molecule has 0 radical (unpaired) electrons. The van der Waals surface area contributed by atoms with Crippen LogP contribution in [0.5, 0.6) is 0 Å². The molecule has 1 nitrogen and oxygen atoms in total. The lowest BCUT2D eigenvalue weighted by Crippen LogP contribution is -2.72. The van der Waals surface area contributed by atoms with E-state index in [-0.39, 0.29) is 6.15 Å². The van der Waals surface area contributed by atoms with E-state index in [2.05, 4.69) is 0 Å². The third-order valence-corrected chi connectivity index (χ3v) is 2.48. The maximum atomic E-state index is 12.7. The molecular formula is C8H6F15N. The zero-order chi connectivity index (χ0) is 19.5. The van der Waals surface area contributed by atoms with E-state index >= 15 is 0 Å². The van der Waals surface area contributed by atoms with Gasteiger partial charge in [-0.1, -0.05) is 0 Å². The largest absolute Gasteiger partial charge is 0.460 e. The van der Waals surface area contributed by atoms with Crippen molar-refractivity contribution >= 4 is 0 Å². The normalized spacial score (nSPS) is 16.0. The monoisotopic (exact) mass is 401 g/mol. The summed E-state index contributed by atoms with van der Waals surface area (Å²) in [5.74, 6) is -45.8. The Kier molecular flexibility index (Phi) is 6.00. The summed E-state index contributed by atoms with van der Waals surface area (Å²) in [6.07, 6.45) is -7.57. The molecule has 0 saturated heterocycles. The summed E-state index contributed by atoms with van der Waals surface area (Å²) < 4.78 is 185. The first kappa shape index (κ1) is 25.2. The van der Waals surface area contributed by atoms with Gasteiger partial charge in [0.05, 0.1) is 0 Å². The van der Waals surface area contributed by atoms with Crippen molar-refractivity contribution in [2.24, 2.45) is 0 Å². The van der Waals surface area contributed by atoms with Gasteiger partial charge in [0.2, 0.25) is 0 Å². The molecule has 0 aromatic carbocycles. The fourth-order valence-electron chi connectivity index (χ4n) is 1.05. The maximum Gasteiger partial charge on any atom is 0.460 e. The van der Waals surface area contributed by atoms with Crippen LogP contribution in [0, 0.1) is 0 Å². The number of rotatable bonds is 5. The van der Waals surface area contributed by atoms with Gasteiger partial charge in [-0.05, 0) is 0 Å². The van der Waals surface area contributed by atoms with Gasteiger partial charge in [-0.2, -0.15) is 65.9 Å². The first-order valence-corrected chi connectivity index (χ1v) is 4.83. The molecule has 148 valence electrons. The van der Waals surface area contributed by atoms with Crippen molar-refractivity contribution < 1.29 is 65.9 Å². The fourth-order valence-corrected chi connectivity index (χ4v) is 1.05. The molecular weight excluding hydrogens is 395 g/mol. The summed E-state index contributed by atoms with van der Waals surface area (Å²) in [6.45, 7) is -1.16. The van der Waals surface area contributed by atoms with Crippen molar-refractivity contribution in [2.75, 3.05) is 0 Å². The molecule has 0 saturated carbocycles. The van der Waals surface area contributed by atoms with Crippen molar-refractivity contribution in [3.8, 4) is 0 Å². The predicted molar refractivity (Wildman–Crippen MR) is 46.4 cm³/mol. The molecule has 3 N–H and O–H groups in total. The minimum atomic E-state index is -8.19. The number of hydrogen-bond donors (Lipinski definition) is 1.